The number of carbonyl (C=O) groups excluding carboxylic acids is 1. The number of thioether (sulfide) groups is 1. The molecule has 1 aromatic carbocycles. The summed E-state index contributed by atoms with van der Waals surface area (Å²) in [5.41, 5.74) is 3.10. The van der Waals surface area contributed by atoms with Gasteiger partial charge in [-0.3, -0.25) is 14.2 Å². The number of carbonyl (C=O) groups is 1. The second kappa shape index (κ2) is 8.04. The normalized spacial score (nSPS) is 16.7. The Bertz CT molecular complexity index is 1210. The molecule has 156 valence electrons. The Labute approximate surface area is 184 Å². The van der Waals surface area contributed by atoms with Gasteiger partial charge in [0.05, 0.1) is 10.6 Å². The van der Waals surface area contributed by atoms with E-state index in [0.717, 1.165) is 27.4 Å². The number of hydrogen-bond acceptors (Lipinski definition) is 5. The van der Waals surface area contributed by atoms with Crippen LogP contribution in [0.4, 0.5) is 5.69 Å². The van der Waals surface area contributed by atoms with Gasteiger partial charge in [0.1, 0.15) is 4.83 Å². The molecular weight excluding hydrogens is 414 g/mol. The van der Waals surface area contributed by atoms with Crippen molar-refractivity contribution < 1.29 is 4.79 Å². The highest BCUT2D eigenvalue weighted by atomic mass is 32.2. The lowest BCUT2D eigenvalue weighted by atomic mass is 10.1. The van der Waals surface area contributed by atoms with Crippen molar-refractivity contribution in [1.82, 2.24) is 9.55 Å². The van der Waals surface area contributed by atoms with Gasteiger partial charge < -0.3 is 4.90 Å². The standard InChI is InChI=1S/C23H25N3O2S2/c1-6-11-25-22(28)19-14(3)15(4)29-20(19)24-23(25)30-16(5)21(27)26-13(2)12-17-9-7-8-10-18(17)26/h6-10,13,16H,1,11-12H2,2-5H3/t13-,16-/m0/s1. The number of aryl methyl sites for hydroxylation is 2. The number of fused-ring (bicyclic) bond motifs is 2. The minimum absolute atomic E-state index is 0.0375. The van der Waals surface area contributed by atoms with Crippen LogP contribution in [-0.4, -0.2) is 26.8 Å². The zero-order valence-electron chi connectivity index (χ0n) is 17.6. The summed E-state index contributed by atoms with van der Waals surface area (Å²) >= 11 is 2.87. The van der Waals surface area contributed by atoms with Crippen LogP contribution in [0.25, 0.3) is 10.2 Å². The molecule has 3 heterocycles. The molecule has 0 aliphatic carbocycles. The number of amides is 1. The van der Waals surface area contributed by atoms with Gasteiger partial charge in [0.25, 0.3) is 5.56 Å². The van der Waals surface area contributed by atoms with E-state index in [1.807, 2.05) is 43.9 Å². The number of aromatic nitrogens is 2. The van der Waals surface area contributed by atoms with Crippen molar-refractivity contribution in [1.29, 1.82) is 0 Å². The van der Waals surface area contributed by atoms with E-state index in [0.29, 0.717) is 17.1 Å². The monoisotopic (exact) mass is 439 g/mol. The van der Waals surface area contributed by atoms with Crippen LogP contribution in [0.5, 0.6) is 0 Å². The van der Waals surface area contributed by atoms with Crippen LogP contribution in [0.1, 0.15) is 29.9 Å². The summed E-state index contributed by atoms with van der Waals surface area (Å²) in [6.45, 7) is 12.1. The molecule has 30 heavy (non-hydrogen) atoms. The number of para-hydroxylation sites is 1. The zero-order valence-corrected chi connectivity index (χ0v) is 19.3. The van der Waals surface area contributed by atoms with Gasteiger partial charge in [-0.25, -0.2) is 4.98 Å². The molecule has 0 unspecified atom stereocenters. The van der Waals surface area contributed by atoms with E-state index in [-0.39, 0.29) is 22.8 Å². The third-order valence-corrected chi connectivity index (χ3v) is 7.82. The maximum absolute atomic E-state index is 13.4. The second-order valence-corrected chi connectivity index (χ2v) is 10.2. The van der Waals surface area contributed by atoms with Gasteiger partial charge >= 0.3 is 0 Å². The maximum Gasteiger partial charge on any atom is 0.263 e. The molecule has 1 amide bonds. The van der Waals surface area contributed by atoms with Crippen LogP contribution >= 0.6 is 23.1 Å². The van der Waals surface area contributed by atoms with Gasteiger partial charge in [-0.1, -0.05) is 36.0 Å². The van der Waals surface area contributed by atoms with Crippen molar-refractivity contribution in [3.63, 3.8) is 0 Å². The fourth-order valence-electron chi connectivity index (χ4n) is 3.99. The summed E-state index contributed by atoms with van der Waals surface area (Å²) in [4.78, 5) is 35.0. The molecule has 0 fully saturated rings. The smallest absolute Gasteiger partial charge is 0.263 e. The number of thiophene rings is 1. The average molecular weight is 440 g/mol. The van der Waals surface area contributed by atoms with Crippen LogP contribution < -0.4 is 10.5 Å². The molecule has 0 N–H and O–H groups in total. The molecule has 0 spiro atoms. The fraction of sp³-hybridized carbons (Fsp3) is 0.348. The van der Waals surface area contributed by atoms with E-state index < -0.39 is 0 Å². The first-order valence-electron chi connectivity index (χ1n) is 10.0. The number of anilines is 1. The third-order valence-electron chi connectivity index (χ3n) is 5.64. The maximum atomic E-state index is 13.4. The molecule has 1 aliphatic rings. The molecule has 3 aromatic rings. The van der Waals surface area contributed by atoms with Crippen molar-refractivity contribution in [2.45, 2.75) is 57.1 Å². The molecule has 0 bridgehead atoms. The topological polar surface area (TPSA) is 55.2 Å². The zero-order chi connectivity index (χ0) is 21.6. The van der Waals surface area contributed by atoms with Crippen molar-refractivity contribution in [2.75, 3.05) is 4.90 Å². The van der Waals surface area contributed by atoms with Gasteiger partial charge in [0, 0.05) is 23.2 Å². The Morgan fingerprint density at radius 1 is 1.40 bits per heavy atom. The van der Waals surface area contributed by atoms with E-state index in [2.05, 4.69) is 19.6 Å². The number of hydrogen-bond donors (Lipinski definition) is 0. The lowest BCUT2D eigenvalue weighted by molar-refractivity contribution is -0.118. The predicted molar refractivity (Wildman–Crippen MR) is 126 cm³/mol. The SMILES string of the molecule is C=CCn1c(S[C@@H](C)C(=O)N2c3ccccc3C[C@@H]2C)nc2sc(C)c(C)c2c1=O. The summed E-state index contributed by atoms with van der Waals surface area (Å²) in [5.74, 6) is 0.0375. The minimum Gasteiger partial charge on any atom is -0.308 e. The highest BCUT2D eigenvalue weighted by Crippen LogP contribution is 2.35. The van der Waals surface area contributed by atoms with Crippen molar-refractivity contribution in [3.05, 3.63) is 63.3 Å². The lowest BCUT2D eigenvalue weighted by Gasteiger charge is -2.26. The van der Waals surface area contributed by atoms with Crippen LogP contribution in [0, 0.1) is 13.8 Å². The largest absolute Gasteiger partial charge is 0.308 e. The van der Waals surface area contributed by atoms with Crippen LogP contribution in [0.15, 0.2) is 46.9 Å². The summed E-state index contributed by atoms with van der Waals surface area (Å²) in [6.07, 6.45) is 2.55. The molecule has 0 saturated carbocycles. The van der Waals surface area contributed by atoms with Crippen LogP contribution in [-0.2, 0) is 17.8 Å². The van der Waals surface area contributed by atoms with Crippen molar-refractivity contribution >= 4 is 44.9 Å². The number of rotatable bonds is 5. The average Bonchev–Trinajstić information content (AvgIpc) is 3.19. The number of benzene rings is 1. The highest BCUT2D eigenvalue weighted by Gasteiger charge is 2.34. The minimum atomic E-state index is -0.374. The molecule has 2 atom stereocenters. The molecule has 0 radical (unpaired) electrons. The molecular formula is C23H25N3O2S2. The van der Waals surface area contributed by atoms with E-state index >= 15 is 0 Å². The predicted octanol–water partition coefficient (Wildman–Crippen LogP) is 4.72. The fourth-order valence-corrected chi connectivity index (χ4v) is 6.03. The second-order valence-electron chi connectivity index (χ2n) is 7.71. The molecule has 7 heteroatoms. The van der Waals surface area contributed by atoms with Gasteiger partial charge in [-0.15, -0.1) is 17.9 Å². The summed E-state index contributed by atoms with van der Waals surface area (Å²) in [6, 6.07) is 8.17. The van der Waals surface area contributed by atoms with Gasteiger partial charge in [-0.05, 0) is 51.3 Å². The van der Waals surface area contributed by atoms with E-state index in [4.69, 9.17) is 4.98 Å². The van der Waals surface area contributed by atoms with E-state index in [1.54, 1.807) is 10.6 Å². The van der Waals surface area contributed by atoms with Gasteiger partial charge in [-0.2, -0.15) is 0 Å². The third kappa shape index (κ3) is 3.40. The molecule has 4 rings (SSSR count). The Hall–Kier alpha value is -2.38. The molecule has 1 aliphatic heterocycles. The van der Waals surface area contributed by atoms with Crippen molar-refractivity contribution in [2.24, 2.45) is 0 Å². The van der Waals surface area contributed by atoms with Crippen LogP contribution in [0.3, 0.4) is 0 Å². The van der Waals surface area contributed by atoms with E-state index in [9.17, 15) is 9.59 Å². The van der Waals surface area contributed by atoms with Crippen LogP contribution in [0.2, 0.25) is 0 Å². The van der Waals surface area contributed by atoms with Gasteiger partial charge in [0.2, 0.25) is 5.91 Å². The Balaban J connectivity index is 1.70. The van der Waals surface area contributed by atoms with Crippen molar-refractivity contribution in [3.8, 4) is 0 Å². The summed E-state index contributed by atoms with van der Waals surface area (Å²) < 4.78 is 1.63. The Kier molecular flexibility index (Phi) is 5.59. The Morgan fingerprint density at radius 3 is 2.87 bits per heavy atom. The highest BCUT2D eigenvalue weighted by molar-refractivity contribution is 8.00. The van der Waals surface area contributed by atoms with E-state index in [1.165, 1.54) is 28.7 Å². The molecule has 5 nitrogen and oxygen atoms in total. The first kappa shape index (κ1) is 20.9. The molecule has 2 aromatic heterocycles. The summed E-state index contributed by atoms with van der Waals surface area (Å²) in [7, 11) is 0. The first-order valence-corrected chi connectivity index (χ1v) is 11.7. The number of allylic oxidation sites excluding steroid dienone is 1. The van der Waals surface area contributed by atoms with Gasteiger partial charge in [0.15, 0.2) is 5.16 Å². The summed E-state index contributed by atoms with van der Waals surface area (Å²) in [5, 5.41) is 0.862. The quantitative estimate of drug-likeness (QED) is 0.328. The molecule has 0 saturated heterocycles. The number of nitrogens with zero attached hydrogens (tertiary/aromatic N) is 3. The Morgan fingerprint density at radius 2 is 2.13 bits per heavy atom. The lowest BCUT2D eigenvalue weighted by Crippen LogP contribution is -2.40. The first-order chi connectivity index (χ1) is 14.3.